The molecule has 0 spiro atoms. The van der Waals surface area contributed by atoms with Crippen molar-refractivity contribution in [1.82, 2.24) is 25.1 Å². The molecular formula is C27H35N7O4. The van der Waals surface area contributed by atoms with Crippen LogP contribution in [0, 0.1) is 5.92 Å². The van der Waals surface area contributed by atoms with E-state index in [0.717, 1.165) is 32.4 Å². The van der Waals surface area contributed by atoms with E-state index in [0.29, 0.717) is 38.3 Å². The molecule has 1 aromatic carbocycles. The summed E-state index contributed by atoms with van der Waals surface area (Å²) >= 11 is 0. The van der Waals surface area contributed by atoms with Crippen LogP contribution < -0.4 is 10.6 Å². The Morgan fingerprint density at radius 2 is 1.84 bits per heavy atom. The lowest BCUT2D eigenvalue weighted by Gasteiger charge is -2.32. The van der Waals surface area contributed by atoms with Crippen LogP contribution in [0.2, 0.25) is 0 Å². The second kappa shape index (κ2) is 11.9. The van der Waals surface area contributed by atoms with Crippen molar-refractivity contribution in [2.45, 2.75) is 50.8 Å². The molecule has 11 heteroatoms. The van der Waals surface area contributed by atoms with Gasteiger partial charge in [0.1, 0.15) is 23.6 Å². The first-order valence-electron chi connectivity index (χ1n) is 13.4. The summed E-state index contributed by atoms with van der Waals surface area (Å²) in [5, 5.41) is 29.1. The van der Waals surface area contributed by atoms with Gasteiger partial charge in [-0.15, -0.1) is 0 Å². The standard InChI is InChI=1S/C27H35N7O4/c35-22(16-33-10-7-18-3-1-2-4-20(18)15-33)14-28-26(36)23-13-24(30-17-29-23)31-21-8-11-34(12-9-21)27(37)25(32-38)19-5-6-19/h1-4,13,17,19,21-22,35,38H,5-12,14-16H2,(H,28,36)(H,29,30,31)/b32-25-/t22-/m0/s1. The Balaban J connectivity index is 1.06. The smallest absolute Gasteiger partial charge is 0.271 e. The van der Waals surface area contributed by atoms with E-state index in [-0.39, 0.29) is 41.7 Å². The second-order valence-corrected chi connectivity index (χ2v) is 10.4. The van der Waals surface area contributed by atoms with Gasteiger partial charge in [0.25, 0.3) is 11.8 Å². The normalized spacial score (nSPS) is 19.5. The Kier molecular flexibility index (Phi) is 8.14. The molecule has 3 aliphatic rings. The van der Waals surface area contributed by atoms with Crippen LogP contribution in [0.1, 0.15) is 47.3 Å². The first kappa shape index (κ1) is 26.1. The number of likely N-dealkylation sites (tertiary alicyclic amines) is 1. The number of fused-ring (bicyclic) bond motifs is 1. The molecule has 2 aliphatic heterocycles. The van der Waals surface area contributed by atoms with Crippen molar-refractivity contribution < 1.29 is 19.9 Å². The molecule has 1 saturated heterocycles. The number of anilines is 1. The molecule has 2 aromatic rings. The molecular weight excluding hydrogens is 486 g/mol. The van der Waals surface area contributed by atoms with Gasteiger partial charge in [-0.25, -0.2) is 9.97 Å². The summed E-state index contributed by atoms with van der Waals surface area (Å²) in [5.41, 5.74) is 3.14. The molecule has 0 radical (unpaired) electrons. The minimum absolute atomic E-state index is 0.0943. The summed E-state index contributed by atoms with van der Waals surface area (Å²) in [4.78, 5) is 37.6. The molecule has 0 unspecified atom stereocenters. The summed E-state index contributed by atoms with van der Waals surface area (Å²) in [5.74, 6) is 0.0897. The van der Waals surface area contributed by atoms with E-state index in [1.165, 1.54) is 17.5 Å². The maximum atomic E-state index is 12.7. The number of aromatic nitrogens is 2. The number of amides is 2. The van der Waals surface area contributed by atoms with E-state index >= 15 is 0 Å². The summed E-state index contributed by atoms with van der Waals surface area (Å²) in [6.45, 7) is 3.41. The predicted molar refractivity (Wildman–Crippen MR) is 141 cm³/mol. The third-order valence-electron chi connectivity index (χ3n) is 7.50. The Labute approximate surface area is 221 Å². The van der Waals surface area contributed by atoms with Crippen LogP contribution in [0.4, 0.5) is 5.82 Å². The highest BCUT2D eigenvalue weighted by atomic mass is 16.4. The number of aliphatic hydroxyl groups excluding tert-OH is 1. The lowest BCUT2D eigenvalue weighted by Crippen LogP contribution is -2.45. The third-order valence-corrected chi connectivity index (χ3v) is 7.50. The molecule has 2 fully saturated rings. The van der Waals surface area contributed by atoms with E-state index in [1.807, 2.05) is 6.07 Å². The highest BCUT2D eigenvalue weighted by molar-refractivity contribution is 6.40. The zero-order valence-corrected chi connectivity index (χ0v) is 21.4. The number of nitrogens with zero attached hydrogens (tertiary/aromatic N) is 5. The Hall–Kier alpha value is -3.57. The Bertz CT molecular complexity index is 1180. The summed E-state index contributed by atoms with van der Waals surface area (Å²) in [6.07, 6.45) is 4.85. The van der Waals surface area contributed by atoms with Gasteiger partial charge in [0, 0.05) is 57.3 Å². The van der Waals surface area contributed by atoms with Gasteiger partial charge >= 0.3 is 0 Å². The topological polar surface area (TPSA) is 143 Å². The lowest BCUT2D eigenvalue weighted by molar-refractivity contribution is -0.125. The number of nitrogens with one attached hydrogen (secondary N) is 2. The second-order valence-electron chi connectivity index (χ2n) is 10.4. The molecule has 3 heterocycles. The molecule has 1 atom stereocenters. The number of oxime groups is 1. The fraction of sp³-hybridized carbons (Fsp3) is 0.519. The highest BCUT2D eigenvalue weighted by Crippen LogP contribution is 2.31. The van der Waals surface area contributed by atoms with Gasteiger partial charge in [0.2, 0.25) is 0 Å². The number of aliphatic hydroxyl groups is 1. The van der Waals surface area contributed by atoms with Crippen LogP contribution in [0.5, 0.6) is 0 Å². The third kappa shape index (κ3) is 6.46. The van der Waals surface area contributed by atoms with Crippen molar-refractivity contribution >= 4 is 23.3 Å². The van der Waals surface area contributed by atoms with Crippen molar-refractivity contribution in [1.29, 1.82) is 0 Å². The van der Waals surface area contributed by atoms with Crippen LogP contribution in [-0.4, -0.2) is 92.5 Å². The fourth-order valence-corrected chi connectivity index (χ4v) is 5.19. The zero-order chi connectivity index (χ0) is 26.5. The quantitative estimate of drug-likeness (QED) is 0.219. The summed E-state index contributed by atoms with van der Waals surface area (Å²) < 4.78 is 0. The first-order chi connectivity index (χ1) is 18.5. The number of carbonyl (C=O) groups is 2. The Morgan fingerprint density at radius 3 is 2.58 bits per heavy atom. The number of carbonyl (C=O) groups excluding carboxylic acids is 2. The van der Waals surface area contributed by atoms with E-state index in [1.54, 1.807) is 11.0 Å². The number of piperidine rings is 1. The first-order valence-corrected chi connectivity index (χ1v) is 13.4. The summed E-state index contributed by atoms with van der Waals surface area (Å²) in [6, 6.07) is 10.1. The minimum atomic E-state index is -0.687. The van der Waals surface area contributed by atoms with Gasteiger partial charge < -0.3 is 25.8 Å². The SMILES string of the molecule is O=C(NC[C@H](O)CN1CCc2ccccc2C1)c1cc(NC2CCN(C(=O)/C(=N\O)C3CC3)CC2)ncn1. The summed E-state index contributed by atoms with van der Waals surface area (Å²) in [7, 11) is 0. The van der Waals surface area contributed by atoms with Gasteiger partial charge in [0.05, 0.1) is 6.10 Å². The maximum absolute atomic E-state index is 12.7. The predicted octanol–water partition coefficient (Wildman–Crippen LogP) is 1.27. The molecule has 38 heavy (non-hydrogen) atoms. The Morgan fingerprint density at radius 1 is 1.08 bits per heavy atom. The molecule has 1 saturated carbocycles. The maximum Gasteiger partial charge on any atom is 0.271 e. The molecule has 4 N–H and O–H groups in total. The molecule has 202 valence electrons. The van der Waals surface area contributed by atoms with Gasteiger partial charge in [-0.1, -0.05) is 29.4 Å². The van der Waals surface area contributed by atoms with Crippen molar-refractivity contribution in [2.24, 2.45) is 11.1 Å². The van der Waals surface area contributed by atoms with Crippen molar-refractivity contribution in [3.05, 3.63) is 53.5 Å². The lowest BCUT2D eigenvalue weighted by atomic mass is 10.00. The van der Waals surface area contributed by atoms with Crippen molar-refractivity contribution in [3.63, 3.8) is 0 Å². The zero-order valence-electron chi connectivity index (χ0n) is 21.4. The molecule has 2 amide bonds. The van der Waals surface area contributed by atoms with Crippen LogP contribution in [-0.2, 0) is 17.8 Å². The molecule has 1 aliphatic carbocycles. The number of hydrogen-bond acceptors (Lipinski definition) is 9. The number of hydrogen-bond donors (Lipinski definition) is 4. The van der Waals surface area contributed by atoms with E-state index in [4.69, 9.17) is 0 Å². The number of benzene rings is 1. The highest BCUT2D eigenvalue weighted by Gasteiger charge is 2.36. The van der Waals surface area contributed by atoms with Crippen LogP contribution in [0.15, 0.2) is 41.8 Å². The largest absolute Gasteiger partial charge is 0.410 e. The monoisotopic (exact) mass is 521 g/mol. The number of rotatable bonds is 9. The van der Waals surface area contributed by atoms with E-state index in [9.17, 15) is 19.9 Å². The van der Waals surface area contributed by atoms with Crippen molar-refractivity contribution in [2.75, 3.05) is 38.0 Å². The van der Waals surface area contributed by atoms with Gasteiger partial charge in [-0.3, -0.25) is 14.5 Å². The van der Waals surface area contributed by atoms with E-state index < -0.39 is 6.10 Å². The average molecular weight is 522 g/mol. The van der Waals surface area contributed by atoms with Crippen molar-refractivity contribution in [3.8, 4) is 0 Å². The minimum Gasteiger partial charge on any atom is -0.410 e. The number of β-amino-alcohol motifs (C(OH)–C–C–N with tert-alkyl or cyclic N) is 1. The van der Waals surface area contributed by atoms with Gasteiger partial charge in [0.15, 0.2) is 0 Å². The fourth-order valence-electron chi connectivity index (χ4n) is 5.19. The molecule has 5 rings (SSSR count). The molecule has 1 aromatic heterocycles. The molecule has 0 bridgehead atoms. The van der Waals surface area contributed by atoms with Gasteiger partial charge in [-0.2, -0.15) is 0 Å². The van der Waals surface area contributed by atoms with Crippen LogP contribution in [0.25, 0.3) is 0 Å². The van der Waals surface area contributed by atoms with Crippen LogP contribution in [0.3, 0.4) is 0 Å². The average Bonchev–Trinajstić information content (AvgIpc) is 3.78. The van der Waals surface area contributed by atoms with Gasteiger partial charge in [-0.05, 0) is 43.2 Å². The molecule has 11 nitrogen and oxygen atoms in total. The van der Waals surface area contributed by atoms with E-state index in [2.05, 4.69) is 48.9 Å². The van der Waals surface area contributed by atoms with Crippen LogP contribution >= 0.6 is 0 Å².